The van der Waals surface area contributed by atoms with Gasteiger partial charge in [0.05, 0.1) is 5.56 Å². The lowest BCUT2D eigenvalue weighted by atomic mass is 10.2. The van der Waals surface area contributed by atoms with Gasteiger partial charge >= 0.3 is 12.3 Å². The SMILES string of the molecule is CN(C(=O)OC(C)(C)C)c1cc(Br)cc(C(F)(F)F)c1. The largest absolute Gasteiger partial charge is 0.443 e. The van der Waals surface area contributed by atoms with Gasteiger partial charge in [-0.3, -0.25) is 4.90 Å². The molecular formula is C13H15BrF3NO2. The Balaban J connectivity index is 3.08. The van der Waals surface area contributed by atoms with Crippen LogP contribution in [0.4, 0.5) is 23.7 Å². The average Bonchev–Trinajstić information content (AvgIpc) is 2.23. The van der Waals surface area contributed by atoms with Crippen molar-refractivity contribution < 1.29 is 22.7 Å². The van der Waals surface area contributed by atoms with Crippen molar-refractivity contribution in [1.29, 1.82) is 0 Å². The Morgan fingerprint density at radius 2 is 1.75 bits per heavy atom. The van der Waals surface area contributed by atoms with Gasteiger partial charge in [0.15, 0.2) is 0 Å². The monoisotopic (exact) mass is 353 g/mol. The number of rotatable bonds is 1. The molecule has 0 atom stereocenters. The fourth-order valence-electron chi connectivity index (χ4n) is 1.37. The average molecular weight is 354 g/mol. The zero-order chi connectivity index (χ0) is 15.7. The Kier molecular flexibility index (Phi) is 4.74. The number of carbonyl (C=O) groups excluding carboxylic acids is 1. The topological polar surface area (TPSA) is 29.5 Å². The molecule has 7 heteroatoms. The zero-order valence-electron chi connectivity index (χ0n) is 11.5. The highest BCUT2D eigenvalue weighted by Gasteiger charge is 2.32. The van der Waals surface area contributed by atoms with E-state index in [4.69, 9.17) is 4.74 Å². The van der Waals surface area contributed by atoms with E-state index in [9.17, 15) is 18.0 Å². The summed E-state index contributed by atoms with van der Waals surface area (Å²) in [7, 11) is 1.36. The van der Waals surface area contributed by atoms with Gasteiger partial charge in [-0.05, 0) is 39.0 Å². The highest BCUT2D eigenvalue weighted by molar-refractivity contribution is 9.10. The number of hydrogen-bond acceptors (Lipinski definition) is 2. The highest BCUT2D eigenvalue weighted by atomic mass is 79.9. The van der Waals surface area contributed by atoms with Crippen LogP contribution >= 0.6 is 15.9 Å². The molecule has 0 spiro atoms. The van der Waals surface area contributed by atoms with E-state index in [1.165, 1.54) is 13.1 Å². The summed E-state index contributed by atoms with van der Waals surface area (Å²) in [6, 6.07) is 3.26. The third kappa shape index (κ3) is 4.70. The summed E-state index contributed by atoms with van der Waals surface area (Å²) in [6.45, 7) is 5.04. The Hall–Kier alpha value is -1.24. The van der Waals surface area contributed by atoms with E-state index >= 15 is 0 Å². The molecule has 0 aliphatic heterocycles. The predicted molar refractivity (Wildman–Crippen MR) is 73.8 cm³/mol. The quantitative estimate of drug-likeness (QED) is 0.722. The maximum absolute atomic E-state index is 12.7. The van der Waals surface area contributed by atoms with Gasteiger partial charge in [0.1, 0.15) is 5.60 Å². The number of amides is 1. The first-order chi connectivity index (χ1) is 8.90. The van der Waals surface area contributed by atoms with Crippen molar-refractivity contribution in [3.05, 3.63) is 28.2 Å². The van der Waals surface area contributed by atoms with E-state index in [1.807, 2.05) is 0 Å². The minimum Gasteiger partial charge on any atom is -0.443 e. The molecule has 20 heavy (non-hydrogen) atoms. The zero-order valence-corrected chi connectivity index (χ0v) is 13.1. The number of alkyl halides is 3. The molecule has 0 unspecified atom stereocenters. The van der Waals surface area contributed by atoms with Crippen molar-refractivity contribution in [2.45, 2.75) is 32.5 Å². The van der Waals surface area contributed by atoms with Crippen LogP contribution in [-0.4, -0.2) is 18.7 Å². The summed E-state index contributed by atoms with van der Waals surface area (Å²) in [4.78, 5) is 12.9. The van der Waals surface area contributed by atoms with E-state index < -0.39 is 23.4 Å². The van der Waals surface area contributed by atoms with E-state index in [0.717, 1.165) is 17.0 Å². The predicted octanol–water partition coefficient (Wildman–Crippen LogP) is 4.84. The van der Waals surface area contributed by atoms with Gasteiger partial charge in [0.25, 0.3) is 0 Å². The highest BCUT2D eigenvalue weighted by Crippen LogP contribution is 2.34. The molecule has 0 fully saturated rings. The van der Waals surface area contributed by atoms with E-state index in [-0.39, 0.29) is 10.2 Å². The normalized spacial score (nSPS) is 12.2. The number of ether oxygens (including phenoxy) is 1. The second-order valence-corrected chi connectivity index (χ2v) is 6.15. The lowest BCUT2D eigenvalue weighted by Gasteiger charge is -2.25. The number of hydrogen-bond donors (Lipinski definition) is 0. The van der Waals surface area contributed by atoms with Gasteiger partial charge < -0.3 is 4.74 Å². The molecule has 1 aromatic rings. The first-order valence-electron chi connectivity index (χ1n) is 5.74. The molecule has 0 radical (unpaired) electrons. The van der Waals surface area contributed by atoms with Crippen molar-refractivity contribution >= 4 is 27.7 Å². The maximum atomic E-state index is 12.7. The Labute approximate surface area is 123 Å². The smallest absolute Gasteiger partial charge is 0.416 e. The lowest BCUT2D eigenvalue weighted by Crippen LogP contribution is -2.34. The molecule has 1 aromatic carbocycles. The van der Waals surface area contributed by atoms with Crippen LogP contribution in [0.5, 0.6) is 0 Å². The molecule has 0 aromatic heterocycles. The standard InChI is InChI=1S/C13H15BrF3NO2/c1-12(2,3)20-11(19)18(4)10-6-8(13(15,16)17)5-9(14)7-10/h5-7H,1-4H3. The minimum absolute atomic E-state index is 0.0981. The number of carbonyl (C=O) groups is 1. The van der Waals surface area contributed by atoms with Crippen molar-refractivity contribution in [1.82, 2.24) is 0 Å². The number of anilines is 1. The summed E-state index contributed by atoms with van der Waals surface area (Å²) in [5, 5.41) is 0. The van der Waals surface area contributed by atoms with Crippen LogP contribution in [0.2, 0.25) is 0 Å². The van der Waals surface area contributed by atoms with Crippen molar-refractivity contribution in [3.8, 4) is 0 Å². The van der Waals surface area contributed by atoms with Gasteiger partial charge in [0, 0.05) is 17.2 Å². The third-order valence-electron chi connectivity index (χ3n) is 2.26. The second kappa shape index (κ2) is 5.63. The van der Waals surface area contributed by atoms with Crippen LogP contribution in [-0.2, 0) is 10.9 Å². The van der Waals surface area contributed by atoms with Crippen LogP contribution in [0, 0.1) is 0 Å². The Bertz CT molecular complexity index is 509. The third-order valence-corrected chi connectivity index (χ3v) is 2.72. The molecule has 0 bridgehead atoms. The molecular weight excluding hydrogens is 339 g/mol. The van der Waals surface area contributed by atoms with Gasteiger partial charge in [0.2, 0.25) is 0 Å². The fraction of sp³-hybridized carbons (Fsp3) is 0.462. The van der Waals surface area contributed by atoms with Crippen LogP contribution < -0.4 is 4.90 Å². The summed E-state index contributed by atoms with van der Waals surface area (Å²) in [6.07, 6.45) is -5.20. The van der Waals surface area contributed by atoms with Crippen molar-refractivity contribution in [3.63, 3.8) is 0 Å². The van der Waals surface area contributed by atoms with Gasteiger partial charge in [-0.15, -0.1) is 0 Å². The maximum Gasteiger partial charge on any atom is 0.416 e. The number of nitrogens with zero attached hydrogens (tertiary/aromatic N) is 1. The van der Waals surface area contributed by atoms with Gasteiger partial charge in [-0.25, -0.2) is 4.79 Å². The van der Waals surface area contributed by atoms with Gasteiger partial charge in [-0.2, -0.15) is 13.2 Å². The van der Waals surface area contributed by atoms with Crippen LogP contribution in [0.25, 0.3) is 0 Å². The van der Waals surface area contributed by atoms with Crippen molar-refractivity contribution in [2.24, 2.45) is 0 Å². The minimum atomic E-state index is -4.48. The van der Waals surface area contributed by atoms with Crippen LogP contribution in [0.3, 0.4) is 0 Å². The molecule has 0 aliphatic rings. The molecule has 1 amide bonds. The fourth-order valence-corrected chi connectivity index (χ4v) is 1.85. The molecule has 112 valence electrons. The Morgan fingerprint density at radius 1 is 1.20 bits per heavy atom. The molecule has 0 saturated heterocycles. The van der Waals surface area contributed by atoms with Crippen LogP contribution in [0.15, 0.2) is 22.7 Å². The number of benzene rings is 1. The molecule has 1 rings (SSSR count). The van der Waals surface area contributed by atoms with Crippen LogP contribution in [0.1, 0.15) is 26.3 Å². The molecule has 0 heterocycles. The lowest BCUT2D eigenvalue weighted by molar-refractivity contribution is -0.137. The molecule has 3 nitrogen and oxygen atoms in total. The van der Waals surface area contributed by atoms with E-state index in [1.54, 1.807) is 20.8 Å². The van der Waals surface area contributed by atoms with E-state index in [0.29, 0.717) is 0 Å². The van der Waals surface area contributed by atoms with Crippen molar-refractivity contribution in [2.75, 3.05) is 11.9 Å². The summed E-state index contributed by atoms with van der Waals surface area (Å²) < 4.78 is 43.5. The number of halogens is 4. The second-order valence-electron chi connectivity index (χ2n) is 5.24. The molecule has 0 saturated carbocycles. The van der Waals surface area contributed by atoms with E-state index in [2.05, 4.69) is 15.9 Å². The first kappa shape index (κ1) is 16.8. The molecule has 0 N–H and O–H groups in total. The Morgan fingerprint density at radius 3 is 2.20 bits per heavy atom. The summed E-state index contributed by atoms with van der Waals surface area (Å²) >= 11 is 3.01. The first-order valence-corrected chi connectivity index (χ1v) is 6.54. The summed E-state index contributed by atoms with van der Waals surface area (Å²) in [5.41, 5.74) is -1.46. The summed E-state index contributed by atoms with van der Waals surface area (Å²) in [5.74, 6) is 0. The van der Waals surface area contributed by atoms with Gasteiger partial charge in [-0.1, -0.05) is 15.9 Å². The molecule has 0 aliphatic carbocycles.